The molecule has 2 rings (SSSR count). The van der Waals surface area contributed by atoms with Gasteiger partial charge in [-0.3, -0.25) is 0 Å². The van der Waals surface area contributed by atoms with Crippen molar-refractivity contribution in [2.75, 3.05) is 13.6 Å². The maximum Gasteiger partial charge on any atom is 0.139 e. The number of aromatic nitrogens is 1. The summed E-state index contributed by atoms with van der Waals surface area (Å²) in [4.78, 5) is 2.36. The molecule has 3 nitrogen and oxygen atoms in total. The van der Waals surface area contributed by atoms with Crippen LogP contribution in [0.1, 0.15) is 25.8 Å². The normalized spacial score (nSPS) is 13.3. The van der Waals surface area contributed by atoms with Crippen molar-refractivity contribution in [3.8, 4) is 5.75 Å². The first kappa shape index (κ1) is 13.0. The average molecular weight is 246 g/mol. The highest BCUT2D eigenvalue weighted by Gasteiger charge is 2.15. The molecule has 0 aromatic carbocycles. The molecule has 0 amide bonds. The number of pyridine rings is 1. The molecule has 2 heterocycles. The fraction of sp³-hybridized carbons (Fsp3) is 0.467. The quantitative estimate of drug-likeness (QED) is 0.878. The Balaban J connectivity index is 2.31. The van der Waals surface area contributed by atoms with Crippen LogP contribution in [0.5, 0.6) is 5.75 Å². The Hall–Kier alpha value is -1.48. The van der Waals surface area contributed by atoms with Gasteiger partial charge in [0.05, 0.1) is 5.52 Å². The minimum atomic E-state index is 0.367. The van der Waals surface area contributed by atoms with Crippen molar-refractivity contribution in [1.29, 1.82) is 0 Å². The van der Waals surface area contributed by atoms with Crippen LogP contribution in [0.2, 0.25) is 0 Å². The highest BCUT2D eigenvalue weighted by Crippen LogP contribution is 2.25. The van der Waals surface area contributed by atoms with E-state index >= 15 is 0 Å². The van der Waals surface area contributed by atoms with Crippen molar-refractivity contribution in [2.45, 2.75) is 32.7 Å². The van der Waals surface area contributed by atoms with Gasteiger partial charge in [-0.1, -0.05) is 13.8 Å². The summed E-state index contributed by atoms with van der Waals surface area (Å²) in [6.07, 6.45) is 6.09. The molecule has 0 aliphatic carbocycles. The molecule has 2 aromatic heterocycles. The molecule has 2 aromatic rings. The largest absolute Gasteiger partial charge is 0.506 e. The van der Waals surface area contributed by atoms with E-state index in [1.54, 1.807) is 6.07 Å². The molecule has 1 unspecified atom stereocenters. The van der Waals surface area contributed by atoms with E-state index in [1.165, 1.54) is 5.56 Å². The van der Waals surface area contributed by atoms with Crippen LogP contribution >= 0.6 is 0 Å². The summed E-state index contributed by atoms with van der Waals surface area (Å²) in [7, 11) is 2.16. The fourth-order valence-electron chi connectivity index (χ4n) is 2.51. The number of hydrogen-bond acceptors (Lipinski definition) is 2. The molecule has 3 heteroatoms. The van der Waals surface area contributed by atoms with E-state index < -0.39 is 0 Å². The Labute approximate surface area is 109 Å². The molecule has 0 fully saturated rings. The van der Waals surface area contributed by atoms with E-state index in [-0.39, 0.29) is 0 Å². The van der Waals surface area contributed by atoms with Crippen molar-refractivity contribution in [3.05, 3.63) is 36.2 Å². The molecule has 18 heavy (non-hydrogen) atoms. The standard InChI is InChI=1S/C15H22N2O/c1-4-13(16(3)5-2)11-12-8-10-17-9-6-7-14(18)15(12)17/h6-10,13,18H,4-5,11H2,1-3H3. The van der Waals surface area contributed by atoms with Gasteiger partial charge in [0, 0.05) is 18.4 Å². The Morgan fingerprint density at radius 3 is 2.72 bits per heavy atom. The van der Waals surface area contributed by atoms with Gasteiger partial charge in [0.15, 0.2) is 0 Å². The Kier molecular flexibility index (Phi) is 3.92. The lowest BCUT2D eigenvalue weighted by atomic mass is 10.0. The third kappa shape index (κ3) is 2.36. The first-order valence-corrected chi connectivity index (χ1v) is 6.65. The van der Waals surface area contributed by atoms with Crippen molar-refractivity contribution in [3.63, 3.8) is 0 Å². The third-order valence-corrected chi connectivity index (χ3v) is 3.79. The number of hydrogen-bond donors (Lipinski definition) is 1. The smallest absolute Gasteiger partial charge is 0.139 e. The summed E-state index contributed by atoms with van der Waals surface area (Å²) in [5, 5.41) is 9.99. The molecular formula is C15H22N2O. The summed E-state index contributed by atoms with van der Waals surface area (Å²) in [5.74, 6) is 0.367. The van der Waals surface area contributed by atoms with Crippen LogP contribution in [0.4, 0.5) is 0 Å². The number of likely N-dealkylation sites (N-methyl/N-ethyl adjacent to an activating group) is 1. The molecule has 0 bridgehead atoms. The Morgan fingerprint density at radius 1 is 1.28 bits per heavy atom. The van der Waals surface area contributed by atoms with Gasteiger partial charge in [0.2, 0.25) is 0 Å². The number of fused-ring (bicyclic) bond motifs is 1. The van der Waals surface area contributed by atoms with Gasteiger partial charge in [-0.05, 0) is 50.2 Å². The van der Waals surface area contributed by atoms with E-state index in [0.717, 1.165) is 24.9 Å². The molecule has 0 saturated carbocycles. The molecule has 0 radical (unpaired) electrons. The van der Waals surface area contributed by atoms with Gasteiger partial charge >= 0.3 is 0 Å². The SMILES string of the molecule is CCC(Cc1ccn2cccc(O)c12)N(C)CC. The molecule has 0 aliphatic heterocycles. The minimum absolute atomic E-state index is 0.367. The van der Waals surface area contributed by atoms with Crippen LogP contribution in [0.15, 0.2) is 30.6 Å². The topological polar surface area (TPSA) is 27.9 Å². The van der Waals surface area contributed by atoms with Crippen LogP contribution in [-0.4, -0.2) is 34.0 Å². The lowest BCUT2D eigenvalue weighted by Crippen LogP contribution is -2.32. The van der Waals surface area contributed by atoms with Crippen molar-refractivity contribution >= 4 is 5.52 Å². The van der Waals surface area contributed by atoms with Crippen molar-refractivity contribution < 1.29 is 5.11 Å². The van der Waals surface area contributed by atoms with Gasteiger partial charge in [0.25, 0.3) is 0 Å². The van der Waals surface area contributed by atoms with Crippen LogP contribution in [-0.2, 0) is 6.42 Å². The Bertz CT molecular complexity index is 518. The van der Waals surface area contributed by atoms with Crippen molar-refractivity contribution in [1.82, 2.24) is 9.30 Å². The van der Waals surface area contributed by atoms with Gasteiger partial charge in [-0.2, -0.15) is 0 Å². The van der Waals surface area contributed by atoms with Gasteiger partial charge in [-0.15, -0.1) is 0 Å². The average Bonchev–Trinajstić information content (AvgIpc) is 2.79. The third-order valence-electron chi connectivity index (χ3n) is 3.79. The second-order valence-electron chi connectivity index (χ2n) is 4.83. The predicted molar refractivity (Wildman–Crippen MR) is 75.1 cm³/mol. The highest BCUT2D eigenvalue weighted by molar-refractivity contribution is 5.65. The van der Waals surface area contributed by atoms with Crippen LogP contribution in [0, 0.1) is 0 Å². The molecule has 98 valence electrons. The lowest BCUT2D eigenvalue weighted by Gasteiger charge is -2.25. The predicted octanol–water partition coefficient (Wildman–Crippen LogP) is 2.92. The number of rotatable bonds is 5. The molecule has 0 aliphatic rings. The van der Waals surface area contributed by atoms with Gasteiger partial charge < -0.3 is 14.4 Å². The Morgan fingerprint density at radius 2 is 2.06 bits per heavy atom. The minimum Gasteiger partial charge on any atom is -0.506 e. The van der Waals surface area contributed by atoms with E-state index in [0.29, 0.717) is 11.8 Å². The summed E-state index contributed by atoms with van der Waals surface area (Å²) in [6, 6.07) is 6.26. The zero-order chi connectivity index (χ0) is 13.1. The van der Waals surface area contributed by atoms with Crippen molar-refractivity contribution in [2.24, 2.45) is 0 Å². The maximum absolute atomic E-state index is 9.99. The zero-order valence-electron chi connectivity index (χ0n) is 11.4. The van der Waals surface area contributed by atoms with Gasteiger partial charge in [-0.25, -0.2) is 0 Å². The van der Waals surface area contributed by atoms with Gasteiger partial charge in [0.1, 0.15) is 5.75 Å². The molecule has 0 saturated heterocycles. The van der Waals surface area contributed by atoms with E-state index in [4.69, 9.17) is 0 Å². The molecule has 0 spiro atoms. The zero-order valence-corrected chi connectivity index (χ0v) is 11.4. The molecule has 1 atom stereocenters. The van der Waals surface area contributed by atoms with Crippen LogP contribution < -0.4 is 0 Å². The fourth-order valence-corrected chi connectivity index (χ4v) is 2.51. The molecule has 1 N–H and O–H groups in total. The first-order chi connectivity index (χ1) is 8.67. The van der Waals surface area contributed by atoms with E-state index in [1.807, 2.05) is 22.9 Å². The number of nitrogens with zero attached hydrogens (tertiary/aromatic N) is 2. The van der Waals surface area contributed by atoms with Crippen LogP contribution in [0.3, 0.4) is 0 Å². The summed E-state index contributed by atoms with van der Waals surface area (Å²) in [6.45, 7) is 5.45. The first-order valence-electron chi connectivity index (χ1n) is 6.65. The highest BCUT2D eigenvalue weighted by atomic mass is 16.3. The van der Waals surface area contributed by atoms with E-state index in [2.05, 4.69) is 31.9 Å². The summed E-state index contributed by atoms with van der Waals surface area (Å²) < 4.78 is 1.99. The second kappa shape index (κ2) is 5.44. The lowest BCUT2D eigenvalue weighted by molar-refractivity contribution is 0.246. The monoisotopic (exact) mass is 246 g/mol. The maximum atomic E-state index is 9.99. The van der Waals surface area contributed by atoms with E-state index in [9.17, 15) is 5.11 Å². The molecular weight excluding hydrogens is 224 g/mol. The van der Waals surface area contributed by atoms with Crippen LogP contribution in [0.25, 0.3) is 5.52 Å². The number of aromatic hydroxyl groups is 1. The summed E-state index contributed by atoms with van der Waals surface area (Å²) >= 11 is 0. The second-order valence-corrected chi connectivity index (χ2v) is 4.83. The summed E-state index contributed by atoms with van der Waals surface area (Å²) in [5.41, 5.74) is 2.17.